The highest BCUT2D eigenvalue weighted by atomic mass is 32.2. The Bertz CT molecular complexity index is 850. The second-order valence-corrected chi connectivity index (χ2v) is 7.43. The van der Waals surface area contributed by atoms with Crippen molar-refractivity contribution in [1.29, 1.82) is 0 Å². The van der Waals surface area contributed by atoms with Crippen LogP contribution in [0.25, 0.3) is 6.08 Å². The number of carbonyl (C=O) groups is 1. The van der Waals surface area contributed by atoms with Gasteiger partial charge in [0, 0.05) is 32.0 Å². The molecule has 0 aliphatic rings. The molecular weight excluding hydrogens is 355 g/mol. The van der Waals surface area contributed by atoms with Crippen LogP contribution in [-0.2, 0) is 21.4 Å². The largest absolute Gasteiger partial charge is 0.341 e. The van der Waals surface area contributed by atoms with Crippen LogP contribution in [0.2, 0.25) is 0 Å². The number of halogens is 1. The first-order chi connectivity index (χ1) is 12.4. The summed E-state index contributed by atoms with van der Waals surface area (Å²) in [5, 5.41) is 1.08. The molecule has 0 aromatic heterocycles. The zero-order valence-corrected chi connectivity index (χ0v) is 15.2. The quantitative estimate of drug-likeness (QED) is 0.770. The van der Waals surface area contributed by atoms with Crippen molar-refractivity contribution in [3.05, 3.63) is 76.9 Å². The van der Waals surface area contributed by atoms with Gasteiger partial charge in [-0.25, -0.2) is 17.5 Å². The number of carbonyl (C=O) groups excluding carboxylic acids is 1. The Hall–Kier alpha value is -2.51. The zero-order valence-electron chi connectivity index (χ0n) is 14.4. The third-order valence-corrected chi connectivity index (χ3v) is 4.74. The van der Waals surface area contributed by atoms with Crippen molar-refractivity contribution < 1.29 is 17.6 Å². The summed E-state index contributed by atoms with van der Waals surface area (Å²) in [5.41, 5.74) is 1.57. The van der Waals surface area contributed by atoms with Gasteiger partial charge in [-0.2, -0.15) is 0 Å². The number of sulfonamides is 1. The predicted octanol–water partition coefficient (Wildman–Crippen LogP) is 2.76. The molecule has 0 atom stereocenters. The van der Waals surface area contributed by atoms with Crippen molar-refractivity contribution in [3.63, 3.8) is 0 Å². The Morgan fingerprint density at radius 3 is 2.42 bits per heavy atom. The molecule has 0 unspecified atom stereocenters. The molecule has 0 aliphatic heterocycles. The highest BCUT2D eigenvalue weighted by molar-refractivity contribution is 7.92. The first-order valence-electron chi connectivity index (χ1n) is 8.07. The lowest BCUT2D eigenvalue weighted by Gasteiger charge is -2.17. The minimum atomic E-state index is -3.61. The summed E-state index contributed by atoms with van der Waals surface area (Å²) in [6.07, 6.45) is 1.53. The fourth-order valence-electron chi connectivity index (χ4n) is 2.22. The highest BCUT2D eigenvalue weighted by Gasteiger charge is 2.11. The molecule has 0 radical (unpaired) electrons. The maximum atomic E-state index is 12.9. The third kappa shape index (κ3) is 6.78. The van der Waals surface area contributed by atoms with E-state index in [0.717, 1.165) is 16.5 Å². The Labute approximate surface area is 153 Å². The van der Waals surface area contributed by atoms with Gasteiger partial charge in [0.05, 0.1) is 0 Å². The molecule has 2 aromatic carbocycles. The SMILES string of the molecule is CN(Cc1ccc(F)cc1)C(=O)CCNS(=O)(=O)/C=C/c1ccccc1. The minimum Gasteiger partial charge on any atom is -0.341 e. The molecule has 0 fully saturated rings. The summed E-state index contributed by atoms with van der Waals surface area (Å²) in [6.45, 7) is 0.341. The van der Waals surface area contributed by atoms with Crippen molar-refractivity contribution in [2.75, 3.05) is 13.6 Å². The first kappa shape index (κ1) is 19.8. The molecule has 2 aromatic rings. The number of rotatable bonds is 8. The van der Waals surface area contributed by atoms with Crippen LogP contribution in [0.5, 0.6) is 0 Å². The number of nitrogens with zero attached hydrogens (tertiary/aromatic N) is 1. The lowest BCUT2D eigenvalue weighted by molar-refractivity contribution is -0.130. The monoisotopic (exact) mass is 376 g/mol. The second-order valence-electron chi connectivity index (χ2n) is 5.78. The summed E-state index contributed by atoms with van der Waals surface area (Å²) >= 11 is 0. The third-order valence-electron chi connectivity index (χ3n) is 3.64. The van der Waals surface area contributed by atoms with Gasteiger partial charge in [0.1, 0.15) is 5.82 Å². The fraction of sp³-hybridized carbons (Fsp3) is 0.211. The van der Waals surface area contributed by atoms with E-state index in [0.29, 0.717) is 6.54 Å². The van der Waals surface area contributed by atoms with Crippen molar-refractivity contribution >= 4 is 22.0 Å². The molecule has 0 spiro atoms. The summed E-state index contributed by atoms with van der Waals surface area (Å²) in [6, 6.07) is 14.9. The number of hydrogen-bond donors (Lipinski definition) is 1. The van der Waals surface area contributed by atoms with Gasteiger partial charge in [0.2, 0.25) is 15.9 Å². The summed E-state index contributed by atoms with van der Waals surface area (Å²) < 4.78 is 39.1. The molecule has 1 N–H and O–H groups in total. The minimum absolute atomic E-state index is 0.00799. The summed E-state index contributed by atoms with van der Waals surface area (Å²) in [5.74, 6) is -0.537. The van der Waals surface area contributed by atoms with E-state index in [4.69, 9.17) is 0 Å². The number of benzene rings is 2. The van der Waals surface area contributed by atoms with Crippen LogP contribution < -0.4 is 4.72 Å². The Morgan fingerprint density at radius 1 is 1.12 bits per heavy atom. The molecule has 2 rings (SSSR count). The molecule has 5 nitrogen and oxygen atoms in total. The van der Waals surface area contributed by atoms with Gasteiger partial charge in [-0.3, -0.25) is 4.79 Å². The van der Waals surface area contributed by atoms with Crippen LogP contribution in [0, 0.1) is 5.82 Å². The first-order valence-corrected chi connectivity index (χ1v) is 9.61. The molecule has 7 heteroatoms. The standard InChI is InChI=1S/C19H21FN2O3S/c1-22(15-17-7-9-18(20)10-8-17)19(23)11-13-21-26(24,25)14-12-16-5-3-2-4-6-16/h2-10,12,14,21H,11,13,15H2,1H3/b14-12+. The lowest BCUT2D eigenvalue weighted by atomic mass is 10.2. The Kier molecular flexibility index (Phi) is 7.06. The molecule has 1 amide bonds. The van der Waals surface area contributed by atoms with Gasteiger partial charge in [0.25, 0.3) is 0 Å². The van der Waals surface area contributed by atoms with E-state index >= 15 is 0 Å². The number of amides is 1. The highest BCUT2D eigenvalue weighted by Crippen LogP contribution is 2.07. The number of nitrogens with one attached hydrogen (secondary N) is 1. The molecule has 0 aliphatic carbocycles. The lowest BCUT2D eigenvalue weighted by Crippen LogP contribution is -2.31. The van der Waals surface area contributed by atoms with E-state index in [-0.39, 0.29) is 24.7 Å². The summed E-state index contributed by atoms with van der Waals surface area (Å²) in [7, 11) is -1.99. The summed E-state index contributed by atoms with van der Waals surface area (Å²) in [4.78, 5) is 13.6. The van der Waals surface area contributed by atoms with Gasteiger partial charge < -0.3 is 4.90 Å². The average Bonchev–Trinajstić information content (AvgIpc) is 2.62. The van der Waals surface area contributed by atoms with Crippen molar-refractivity contribution in [1.82, 2.24) is 9.62 Å². The molecule has 0 bridgehead atoms. The smallest absolute Gasteiger partial charge is 0.233 e. The molecule has 26 heavy (non-hydrogen) atoms. The molecule has 0 heterocycles. The van der Waals surface area contributed by atoms with Gasteiger partial charge in [-0.1, -0.05) is 42.5 Å². The molecule has 0 saturated carbocycles. The van der Waals surface area contributed by atoms with E-state index in [1.54, 1.807) is 31.3 Å². The second kappa shape index (κ2) is 9.26. The number of hydrogen-bond acceptors (Lipinski definition) is 3. The van der Waals surface area contributed by atoms with Gasteiger partial charge in [-0.15, -0.1) is 0 Å². The predicted molar refractivity (Wildman–Crippen MR) is 99.9 cm³/mol. The van der Waals surface area contributed by atoms with Gasteiger partial charge >= 0.3 is 0 Å². The van der Waals surface area contributed by atoms with Crippen LogP contribution in [0.3, 0.4) is 0 Å². The van der Waals surface area contributed by atoms with Crippen LogP contribution >= 0.6 is 0 Å². The van der Waals surface area contributed by atoms with E-state index in [9.17, 15) is 17.6 Å². The zero-order chi connectivity index (χ0) is 19.0. The van der Waals surface area contributed by atoms with Crippen LogP contribution in [0.1, 0.15) is 17.5 Å². The van der Waals surface area contributed by atoms with E-state index in [1.165, 1.54) is 23.1 Å². The molecule has 0 saturated heterocycles. The molecule has 138 valence electrons. The Morgan fingerprint density at radius 2 is 1.77 bits per heavy atom. The van der Waals surface area contributed by atoms with E-state index in [2.05, 4.69) is 4.72 Å². The fourth-order valence-corrected chi connectivity index (χ4v) is 3.04. The average molecular weight is 376 g/mol. The van der Waals surface area contributed by atoms with E-state index < -0.39 is 10.0 Å². The van der Waals surface area contributed by atoms with Gasteiger partial charge in [0.15, 0.2) is 0 Å². The molecular formula is C19H21FN2O3S. The van der Waals surface area contributed by atoms with Crippen LogP contribution in [0.4, 0.5) is 4.39 Å². The topological polar surface area (TPSA) is 66.5 Å². The van der Waals surface area contributed by atoms with Crippen molar-refractivity contribution in [2.24, 2.45) is 0 Å². The normalized spacial score (nSPS) is 11.6. The van der Waals surface area contributed by atoms with Crippen molar-refractivity contribution in [3.8, 4) is 0 Å². The van der Waals surface area contributed by atoms with Crippen LogP contribution in [0.15, 0.2) is 60.0 Å². The maximum Gasteiger partial charge on any atom is 0.233 e. The maximum absolute atomic E-state index is 12.9. The van der Waals surface area contributed by atoms with Crippen molar-refractivity contribution in [2.45, 2.75) is 13.0 Å². The van der Waals surface area contributed by atoms with Gasteiger partial charge in [-0.05, 0) is 29.3 Å². The van der Waals surface area contributed by atoms with E-state index in [1.807, 2.05) is 18.2 Å². The van der Waals surface area contributed by atoms with Crippen LogP contribution in [-0.4, -0.2) is 32.8 Å². The Balaban J connectivity index is 1.79.